The molecule has 2 aliphatic heterocycles. The molecular weight excluding hydrogens is 248 g/mol. The molecule has 1 atom stereocenters. The van der Waals surface area contributed by atoms with Gasteiger partial charge in [0.25, 0.3) is 0 Å². The van der Waals surface area contributed by atoms with Crippen LogP contribution in [0.4, 0.5) is 0 Å². The largest absolute Gasteiger partial charge is 0.480 e. The third-order valence-electron chi connectivity index (χ3n) is 4.17. The number of hydrogen-bond acceptors (Lipinski definition) is 4. The van der Waals surface area contributed by atoms with E-state index in [2.05, 4.69) is 5.32 Å². The van der Waals surface area contributed by atoms with Gasteiger partial charge in [0, 0.05) is 19.3 Å². The topological polar surface area (TPSA) is 78.9 Å². The summed E-state index contributed by atoms with van der Waals surface area (Å²) in [5, 5.41) is 12.3. The number of carbonyl (C=O) groups is 2. The van der Waals surface area contributed by atoms with E-state index in [4.69, 9.17) is 4.74 Å². The summed E-state index contributed by atoms with van der Waals surface area (Å²) in [4.78, 5) is 25.1. The molecule has 2 heterocycles. The van der Waals surface area contributed by atoms with Crippen molar-refractivity contribution in [1.29, 1.82) is 0 Å². The monoisotopic (exact) mass is 270 g/mol. The van der Waals surface area contributed by atoms with Crippen LogP contribution in [0.15, 0.2) is 0 Å². The second-order valence-electron chi connectivity index (χ2n) is 5.56. The van der Waals surface area contributed by atoms with Crippen LogP contribution >= 0.6 is 0 Å². The lowest BCUT2D eigenvalue weighted by Crippen LogP contribution is -2.52. The first-order chi connectivity index (χ1) is 9.02. The molecule has 2 rings (SSSR count). The molecule has 0 aromatic rings. The normalized spacial score (nSPS) is 29.3. The van der Waals surface area contributed by atoms with Crippen molar-refractivity contribution < 1.29 is 19.4 Å². The standard InChI is InChI=1S/C13H22N2O4/c1-13(12(17)18)5-2-6-15(13)9-11(16)14-10-3-7-19-8-4-10/h10H,2-9H2,1H3,(H,14,16)(H,17,18). The number of amides is 1. The van der Waals surface area contributed by atoms with E-state index in [-0.39, 0.29) is 18.5 Å². The Labute approximate surface area is 113 Å². The van der Waals surface area contributed by atoms with Crippen molar-refractivity contribution in [3.05, 3.63) is 0 Å². The molecule has 2 fully saturated rings. The van der Waals surface area contributed by atoms with E-state index >= 15 is 0 Å². The molecule has 0 aliphatic carbocycles. The lowest BCUT2D eigenvalue weighted by atomic mass is 9.99. The molecule has 0 aromatic heterocycles. The molecule has 19 heavy (non-hydrogen) atoms. The fraction of sp³-hybridized carbons (Fsp3) is 0.846. The van der Waals surface area contributed by atoms with Crippen molar-refractivity contribution in [2.24, 2.45) is 0 Å². The number of rotatable bonds is 4. The molecule has 0 bridgehead atoms. The summed E-state index contributed by atoms with van der Waals surface area (Å²) in [5.41, 5.74) is -0.896. The fourth-order valence-electron chi connectivity index (χ4n) is 2.80. The summed E-state index contributed by atoms with van der Waals surface area (Å²) in [6.45, 7) is 3.90. The van der Waals surface area contributed by atoms with Crippen molar-refractivity contribution in [3.63, 3.8) is 0 Å². The van der Waals surface area contributed by atoms with Gasteiger partial charge in [-0.2, -0.15) is 0 Å². The lowest BCUT2D eigenvalue weighted by Gasteiger charge is -2.31. The molecule has 2 saturated heterocycles. The van der Waals surface area contributed by atoms with E-state index in [1.807, 2.05) is 0 Å². The SMILES string of the molecule is CC1(C(=O)O)CCCN1CC(=O)NC1CCOCC1. The minimum absolute atomic E-state index is 0.0822. The molecule has 2 aliphatic rings. The van der Waals surface area contributed by atoms with Crippen LogP contribution in [0.5, 0.6) is 0 Å². The van der Waals surface area contributed by atoms with Crippen LogP contribution < -0.4 is 5.32 Å². The second-order valence-corrected chi connectivity index (χ2v) is 5.56. The van der Waals surface area contributed by atoms with Crippen LogP contribution in [0.2, 0.25) is 0 Å². The van der Waals surface area contributed by atoms with Crippen molar-refractivity contribution in [1.82, 2.24) is 10.2 Å². The second kappa shape index (κ2) is 5.88. The van der Waals surface area contributed by atoms with Gasteiger partial charge >= 0.3 is 5.97 Å². The molecule has 6 heteroatoms. The van der Waals surface area contributed by atoms with Crippen LogP contribution in [0.25, 0.3) is 0 Å². The van der Waals surface area contributed by atoms with E-state index in [0.717, 1.165) is 19.3 Å². The number of nitrogens with zero attached hydrogens (tertiary/aromatic N) is 1. The van der Waals surface area contributed by atoms with Gasteiger partial charge in [-0.25, -0.2) is 0 Å². The third kappa shape index (κ3) is 3.25. The maximum absolute atomic E-state index is 12.0. The van der Waals surface area contributed by atoms with Crippen LogP contribution in [-0.2, 0) is 14.3 Å². The number of carboxylic acids is 1. The van der Waals surface area contributed by atoms with E-state index in [1.54, 1.807) is 11.8 Å². The zero-order valence-electron chi connectivity index (χ0n) is 11.4. The first kappa shape index (κ1) is 14.3. The Morgan fingerprint density at radius 1 is 1.42 bits per heavy atom. The molecule has 2 N–H and O–H groups in total. The highest BCUT2D eigenvalue weighted by Gasteiger charge is 2.43. The zero-order chi connectivity index (χ0) is 13.9. The molecule has 1 unspecified atom stereocenters. The number of ether oxygens (including phenoxy) is 1. The summed E-state index contributed by atoms with van der Waals surface area (Å²) in [6, 6.07) is 0.167. The van der Waals surface area contributed by atoms with Crippen molar-refractivity contribution in [2.45, 2.75) is 44.2 Å². The maximum atomic E-state index is 12.0. The molecule has 0 aromatic carbocycles. The number of hydrogen-bond donors (Lipinski definition) is 2. The first-order valence-electron chi connectivity index (χ1n) is 6.88. The van der Waals surface area contributed by atoms with E-state index in [9.17, 15) is 14.7 Å². The summed E-state index contributed by atoms with van der Waals surface area (Å²) in [5.74, 6) is -0.926. The number of nitrogens with one attached hydrogen (secondary N) is 1. The number of aliphatic carboxylic acids is 1. The average molecular weight is 270 g/mol. The van der Waals surface area contributed by atoms with Crippen LogP contribution in [0, 0.1) is 0 Å². The minimum Gasteiger partial charge on any atom is -0.480 e. The van der Waals surface area contributed by atoms with Crippen molar-refractivity contribution >= 4 is 11.9 Å². The van der Waals surface area contributed by atoms with Gasteiger partial charge in [0.2, 0.25) is 5.91 Å². The van der Waals surface area contributed by atoms with Gasteiger partial charge in [-0.15, -0.1) is 0 Å². The minimum atomic E-state index is -0.896. The molecule has 0 spiro atoms. The molecule has 108 valence electrons. The smallest absolute Gasteiger partial charge is 0.323 e. The summed E-state index contributed by atoms with van der Waals surface area (Å²) >= 11 is 0. The van der Waals surface area contributed by atoms with E-state index in [1.165, 1.54) is 0 Å². The number of carbonyl (C=O) groups excluding carboxylic acids is 1. The van der Waals surface area contributed by atoms with Crippen LogP contribution in [0.3, 0.4) is 0 Å². The Morgan fingerprint density at radius 3 is 2.74 bits per heavy atom. The Balaban J connectivity index is 1.86. The summed E-state index contributed by atoms with van der Waals surface area (Å²) < 4.78 is 5.24. The third-order valence-corrected chi connectivity index (χ3v) is 4.17. The maximum Gasteiger partial charge on any atom is 0.323 e. The van der Waals surface area contributed by atoms with Crippen LogP contribution in [-0.4, -0.2) is 59.8 Å². The van der Waals surface area contributed by atoms with Crippen molar-refractivity contribution in [3.8, 4) is 0 Å². The van der Waals surface area contributed by atoms with E-state index in [0.29, 0.717) is 26.2 Å². The van der Waals surface area contributed by atoms with Gasteiger partial charge in [-0.1, -0.05) is 0 Å². The van der Waals surface area contributed by atoms with Gasteiger partial charge < -0.3 is 15.2 Å². The zero-order valence-corrected chi connectivity index (χ0v) is 11.4. The Kier molecular flexibility index (Phi) is 4.42. The highest BCUT2D eigenvalue weighted by Crippen LogP contribution is 2.28. The van der Waals surface area contributed by atoms with Gasteiger partial charge in [0.1, 0.15) is 5.54 Å². The lowest BCUT2D eigenvalue weighted by molar-refractivity contribution is -0.149. The van der Waals surface area contributed by atoms with Gasteiger partial charge in [0.05, 0.1) is 6.54 Å². The van der Waals surface area contributed by atoms with Crippen molar-refractivity contribution in [2.75, 3.05) is 26.3 Å². The van der Waals surface area contributed by atoms with Gasteiger partial charge in [0.15, 0.2) is 0 Å². The highest BCUT2D eigenvalue weighted by atomic mass is 16.5. The fourth-order valence-corrected chi connectivity index (χ4v) is 2.80. The number of likely N-dealkylation sites (tertiary alicyclic amines) is 1. The Hall–Kier alpha value is -1.14. The first-order valence-corrected chi connectivity index (χ1v) is 6.88. The average Bonchev–Trinajstić information content (AvgIpc) is 2.73. The molecular formula is C13H22N2O4. The van der Waals surface area contributed by atoms with E-state index < -0.39 is 11.5 Å². The Morgan fingerprint density at radius 2 is 2.11 bits per heavy atom. The molecule has 0 radical (unpaired) electrons. The Bertz CT molecular complexity index is 355. The predicted octanol–water partition coefficient (Wildman–Crippen LogP) is 0.221. The molecule has 1 amide bonds. The molecule has 0 saturated carbocycles. The quantitative estimate of drug-likeness (QED) is 0.764. The predicted molar refractivity (Wildman–Crippen MR) is 68.8 cm³/mol. The van der Waals surface area contributed by atoms with Gasteiger partial charge in [-0.3, -0.25) is 14.5 Å². The molecule has 6 nitrogen and oxygen atoms in total. The van der Waals surface area contributed by atoms with Crippen LogP contribution in [0.1, 0.15) is 32.6 Å². The number of carboxylic acid groups (broad SMARTS) is 1. The summed E-state index contributed by atoms with van der Waals surface area (Å²) in [7, 11) is 0. The summed E-state index contributed by atoms with van der Waals surface area (Å²) in [6.07, 6.45) is 3.10. The highest BCUT2D eigenvalue weighted by molar-refractivity contribution is 5.82. The van der Waals surface area contributed by atoms with Gasteiger partial charge in [-0.05, 0) is 39.2 Å².